The van der Waals surface area contributed by atoms with Gasteiger partial charge >= 0.3 is 0 Å². The molecule has 0 N–H and O–H groups in total. The highest BCUT2D eigenvalue weighted by Crippen LogP contribution is 2.36. The molecule has 1 spiro atoms. The second kappa shape index (κ2) is 6.38. The van der Waals surface area contributed by atoms with Gasteiger partial charge < -0.3 is 9.47 Å². The number of nitrogens with zero attached hydrogens (tertiary/aromatic N) is 5. The van der Waals surface area contributed by atoms with E-state index in [0.717, 1.165) is 50.5 Å². The summed E-state index contributed by atoms with van der Waals surface area (Å²) >= 11 is 0. The van der Waals surface area contributed by atoms with Crippen molar-refractivity contribution in [2.24, 2.45) is 7.05 Å². The minimum absolute atomic E-state index is 0.0756. The molecule has 0 radical (unpaired) electrons. The van der Waals surface area contributed by atoms with E-state index in [4.69, 9.17) is 9.47 Å². The highest BCUT2D eigenvalue weighted by atomic mass is 16.5. The molecule has 1 atom stereocenters. The molecule has 0 aliphatic carbocycles. The van der Waals surface area contributed by atoms with Crippen LogP contribution in [0, 0.1) is 13.8 Å². The van der Waals surface area contributed by atoms with Gasteiger partial charge in [-0.25, -0.2) is 4.98 Å². The molecule has 0 bridgehead atoms. The van der Waals surface area contributed by atoms with Crippen LogP contribution in [0.1, 0.15) is 29.9 Å². The lowest BCUT2D eigenvalue weighted by atomic mass is 9.84. The van der Waals surface area contributed by atoms with Crippen LogP contribution in [0.4, 0.5) is 0 Å². The number of hydrogen-bond acceptors (Lipinski definition) is 6. The van der Waals surface area contributed by atoms with E-state index in [-0.39, 0.29) is 11.7 Å². The van der Waals surface area contributed by atoms with Crippen LogP contribution in [0.25, 0.3) is 0 Å². The Morgan fingerprint density at radius 1 is 1.28 bits per heavy atom. The number of aromatic nitrogens is 4. The molecule has 0 amide bonds. The summed E-state index contributed by atoms with van der Waals surface area (Å²) < 4.78 is 14.1. The zero-order valence-electron chi connectivity index (χ0n) is 15.1. The van der Waals surface area contributed by atoms with Crippen molar-refractivity contribution in [2.75, 3.05) is 19.7 Å². The molecule has 7 nitrogen and oxygen atoms in total. The lowest BCUT2D eigenvalue weighted by Gasteiger charge is -2.53. The maximum absolute atomic E-state index is 6.12. The first-order valence-electron chi connectivity index (χ1n) is 8.82. The minimum Gasteiger partial charge on any atom is -0.473 e. The Balaban J connectivity index is 1.34. The van der Waals surface area contributed by atoms with E-state index in [0.29, 0.717) is 5.88 Å². The zero-order chi connectivity index (χ0) is 17.4. The Bertz CT molecular complexity index is 754. The molecule has 2 saturated heterocycles. The van der Waals surface area contributed by atoms with Gasteiger partial charge in [0, 0.05) is 45.7 Å². The second-order valence-electron chi connectivity index (χ2n) is 7.31. The molecule has 25 heavy (non-hydrogen) atoms. The first-order chi connectivity index (χ1) is 12.0. The molecule has 2 aromatic heterocycles. The SMILES string of the molecule is Cc1cncc(O[C@H]2CCOC3(C2)CN(Cc2cc(C)nn2C)C3)n1. The summed E-state index contributed by atoms with van der Waals surface area (Å²) in [6.45, 7) is 7.49. The molecule has 0 aromatic carbocycles. The molecule has 2 aromatic rings. The van der Waals surface area contributed by atoms with Crippen molar-refractivity contribution >= 4 is 0 Å². The molecule has 2 aliphatic rings. The van der Waals surface area contributed by atoms with Crippen LogP contribution in [0.5, 0.6) is 5.88 Å². The van der Waals surface area contributed by atoms with Crippen LogP contribution < -0.4 is 4.74 Å². The van der Waals surface area contributed by atoms with E-state index in [1.54, 1.807) is 12.4 Å². The van der Waals surface area contributed by atoms with E-state index >= 15 is 0 Å². The minimum atomic E-state index is -0.0756. The lowest BCUT2D eigenvalue weighted by Crippen LogP contribution is -2.65. The molecule has 134 valence electrons. The van der Waals surface area contributed by atoms with Crippen molar-refractivity contribution in [2.45, 2.75) is 44.9 Å². The molecule has 4 rings (SSSR count). The summed E-state index contributed by atoms with van der Waals surface area (Å²) in [5.74, 6) is 0.614. The normalized spacial score (nSPS) is 22.8. The summed E-state index contributed by atoms with van der Waals surface area (Å²) in [5.41, 5.74) is 3.11. The third-order valence-corrected chi connectivity index (χ3v) is 4.98. The van der Waals surface area contributed by atoms with Crippen LogP contribution in [0.3, 0.4) is 0 Å². The van der Waals surface area contributed by atoms with Crippen molar-refractivity contribution in [3.8, 4) is 5.88 Å². The Morgan fingerprint density at radius 2 is 2.12 bits per heavy atom. The van der Waals surface area contributed by atoms with Gasteiger partial charge in [-0.2, -0.15) is 5.10 Å². The van der Waals surface area contributed by atoms with Gasteiger partial charge in [-0.1, -0.05) is 0 Å². The molecule has 0 unspecified atom stereocenters. The summed E-state index contributed by atoms with van der Waals surface area (Å²) in [7, 11) is 2.00. The topological polar surface area (TPSA) is 65.3 Å². The fourth-order valence-electron chi connectivity index (χ4n) is 3.89. The van der Waals surface area contributed by atoms with Crippen LogP contribution in [0.15, 0.2) is 18.5 Å². The number of likely N-dealkylation sites (tertiary alicyclic amines) is 1. The van der Waals surface area contributed by atoms with Crippen molar-refractivity contribution < 1.29 is 9.47 Å². The van der Waals surface area contributed by atoms with Crippen molar-refractivity contribution in [3.05, 3.63) is 35.5 Å². The largest absolute Gasteiger partial charge is 0.473 e. The molecule has 2 aliphatic heterocycles. The molecule has 2 fully saturated rings. The second-order valence-corrected chi connectivity index (χ2v) is 7.31. The van der Waals surface area contributed by atoms with Gasteiger partial charge in [0.05, 0.1) is 35.5 Å². The van der Waals surface area contributed by atoms with Gasteiger partial charge in [-0.15, -0.1) is 0 Å². The maximum Gasteiger partial charge on any atom is 0.232 e. The predicted molar refractivity (Wildman–Crippen MR) is 92.3 cm³/mol. The number of ether oxygens (including phenoxy) is 2. The quantitative estimate of drug-likeness (QED) is 0.841. The van der Waals surface area contributed by atoms with Crippen LogP contribution in [-0.2, 0) is 18.3 Å². The highest BCUT2D eigenvalue weighted by molar-refractivity contribution is 5.12. The van der Waals surface area contributed by atoms with Crippen LogP contribution in [0.2, 0.25) is 0 Å². The molecular formula is C18H25N5O2. The smallest absolute Gasteiger partial charge is 0.232 e. The summed E-state index contributed by atoms with van der Waals surface area (Å²) in [6, 6.07) is 2.15. The first-order valence-corrected chi connectivity index (χ1v) is 8.82. The predicted octanol–water partition coefficient (Wildman–Crippen LogP) is 1.64. The monoisotopic (exact) mass is 343 g/mol. The van der Waals surface area contributed by atoms with E-state index < -0.39 is 0 Å². The van der Waals surface area contributed by atoms with Crippen molar-refractivity contribution in [3.63, 3.8) is 0 Å². The number of hydrogen-bond donors (Lipinski definition) is 0. The Kier molecular flexibility index (Phi) is 4.21. The fraction of sp³-hybridized carbons (Fsp3) is 0.611. The van der Waals surface area contributed by atoms with E-state index in [9.17, 15) is 0 Å². The Morgan fingerprint density at radius 3 is 2.84 bits per heavy atom. The lowest BCUT2D eigenvalue weighted by molar-refractivity contribution is -0.188. The molecule has 4 heterocycles. The fourth-order valence-corrected chi connectivity index (χ4v) is 3.89. The summed E-state index contributed by atoms with van der Waals surface area (Å²) in [4.78, 5) is 11.0. The number of rotatable bonds is 4. The molecule has 0 saturated carbocycles. The third-order valence-electron chi connectivity index (χ3n) is 4.98. The van der Waals surface area contributed by atoms with Gasteiger partial charge in [-0.3, -0.25) is 14.6 Å². The Labute approximate surface area is 148 Å². The summed E-state index contributed by atoms with van der Waals surface area (Å²) in [5, 5.41) is 4.42. The number of aryl methyl sites for hydroxylation is 3. The maximum atomic E-state index is 6.12. The van der Waals surface area contributed by atoms with Crippen LogP contribution >= 0.6 is 0 Å². The van der Waals surface area contributed by atoms with Gasteiger partial charge in [0.25, 0.3) is 0 Å². The van der Waals surface area contributed by atoms with Gasteiger partial charge in [-0.05, 0) is 19.9 Å². The average molecular weight is 343 g/mol. The van der Waals surface area contributed by atoms with Gasteiger partial charge in [0.15, 0.2) is 0 Å². The average Bonchev–Trinajstić information content (AvgIpc) is 2.84. The van der Waals surface area contributed by atoms with Gasteiger partial charge in [0.2, 0.25) is 5.88 Å². The third kappa shape index (κ3) is 3.52. The van der Waals surface area contributed by atoms with Crippen LogP contribution in [-0.4, -0.2) is 56.0 Å². The van der Waals surface area contributed by atoms with E-state index in [2.05, 4.69) is 26.0 Å². The first kappa shape index (κ1) is 16.5. The van der Waals surface area contributed by atoms with E-state index in [1.807, 2.05) is 25.6 Å². The van der Waals surface area contributed by atoms with Crippen molar-refractivity contribution in [1.29, 1.82) is 0 Å². The van der Waals surface area contributed by atoms with Crippen molar-refractivity contribution in [1.82, 2.24) is 24.6 Å². The molecular weight excluding hydrogens is 318 g/mol. The summed E-state index contributed by atoms with van der Waals surface area (Å²) in [6.07, 6.45) is 5.38. The Hall–Kier alpha value is -1.99. The zero-order valence-corrected chi connectivity index (χ0v) is 15.1. The highest BCUT2D eigenvalue weighted by Gasteiger charge is 2.48. The van der Waals surface area contributed by atoms with Gasteiger partial charge in [0.1, 0.15) is 6.10 Å². The standard InChI is InChI=1S/C18H25N5O2/c1-13-6-15(22(3)21-13)10-23-11-18(12-23)7-16(4-5-24-18)25-17-9-19-8-14(2)20-17/h6,8-9,16H,4-5,7,10-12H2,1-3H3/t16-/m0/s1. The molecule has 7 heteroatoms. The van der Waals surface area contributed by atoms with E-state index in [1.165, 1.54) is 5.69 Å².